The molecule has 0 aromatic carbocycles. The molecule has 2 fully saturated rings. The van der Waals surface area contributed by atoms with Crippen molar-refractivity contribution in [1.82, 2.24) is 5.32 Å². The molecule has 2 atom stereocenters. The minimum Gasteiger partial charge on any atom is -0.385 e. The van der Waals surface area contributed by atoms with Crippen molar-refractivity contribution in [2.45, 2.75) is 76.0 Å². The van der Waals surface area contributed by atoms with Crippen LogP contribution in [0.3, 0.4) is 0 Å². The second kappa shape index (κ2) is 6.88. The molecule has 1 N–H and O–H groups in total. The van der Waals surface area contributed by atoms with E-state index in [1.54, 1.807) is 7.11 Å². The Morgan fingerprint density at radius 3 is 2.83 bits per heavy atom. The van der Waals surface area contributed by atoms with Crippen molar-refractivity contribution in [3.63, 3.8) is 0 Å². The Balaban J connectivity index is 1.79. The van der Waals surface area contributed by atoms with Crippen LogP contribution in [0.1, 0.15) is 58.3 Å². The van der Waals surface area contributed by atoms with E-state index in [0.717, 1.165) is 19.6 Å². The Bertz CT molecular complexity index is 233. The summed E-state index contributed by atoms with van der Waals surface area (Å²) in [6.07, 6.45) is 10.1. The van der Waals surface area contributed by atoms with Gasteiger partial charge in [-0.25, -0.2) is 0 Å². The van der Waals surface area contributed by atoms with Gasteiger partial charge in [0.15, 0.2) is 0 Å². The topological polar surface area (TPSA) is 30.5 Å². The minimum absolute atomic E-state index is 0.217. The van der Waals surface area contributed by atoms with Gasteiger partial charge in [-0.3, -0.25) is 0 Å². The molecule has 1 heterocycles. The number of hydrogen-bond acceptors (Lipinski definition) is 3. The highest BCUT2D eigenvalue weighted by Crippen LogP contribution is 2.38. The largest absolute Gasteiger partial charge is 0.385 e. The zero-order chi connectivity index (χ0) is 12.8. The van der Waals surface area contributed by atoms with Crippen LogP contribution in [-0.2, 0) is 9.47 Å². The standard InChI is InChI=1S/C15H29NO2/c1-13(6-10-17-2)16-14-7-11-18-15(12-14)8-4-3-5-9-15/h13-14,16H,3-12H2,1-2H3. The first-order valence-corrected chi connectivity index (χ1v) is 7.63. The third kappa shape index (κ3) is 3.94. The van der Waals surface area contributed by atoms with Gasteiger partial charge in [-0.1, -0.05) is 19.3 Å². The van der Waals surface area contributed by atoms with Gasteiger partial charge in [-0.05, 0) is 39.0 Å². The van der Waals surface area contributed by atoms with Crippen LogP contribution in [0.15, 0.2) is 0 Å². The van der Waals surface area contributed by atoms with Gasteiger partial charge in [-0.15, -0.1) is 0 Å². The van der Waals surface area contributed by atoms with Gasteiger partial charge in [-0.2, -0.15) is 0 Å². The van der Waals surface area contributed by atoms with Crippen molar-refractivity contribution in [3.8, 4) is 0 Å². The molecule has 0 radical (unpaired) electrons. The fraction of sp³-hybridized carbons (Fsp3) is 1.00. The number of rotatable bonds is 5. The molecule has 1 aliphatic heterocycles. The highest BCUT2D eigenvalue weighted by molar-refractivity contribution is 4.92. The van der Waals surface area contributed by atoms with E-state index in [1.165, 1.54) is 44.9 Å². The van der Waals surface area contributed by atoms with Crippen molar-refractivity contribution in [2.24, 2.45) is 0 Å². The molecule has 1 aliphatic carbocycles. The number of ether oxygens (including phenoxy) is 2. The number of hydrogen-bond donors (Lipinski definition) is 1. The molecule has 0 aromatic heterocycles. The smallest absolute Gasteiger partial charge is 0.0697 e. The fourth-order valence-electron chi connectivity index (χ4n) is 3.49. The van der Waals surface area contributed by atoms with E-state index in [1.807, 2.05) is 0 Å². The van der Waals surface area contributed by atoms with Crippen molar-refractivity contribution in [1.29, 1.82) is 0 Å². The molecular formula is C15H29NO2. The van der Waals surface area contributed by atoms with Crippen LogP contribution in [0, 0.1) is 0 Å². The maximum absolute atomic E-state index is 6.13. The van der Waals surface area contributed by atoms with E-state index in [0.29, 0.717) is 12.1 Å². The molecule has 3 heteroatoms. The van der Waals surface area contributed by atoms with Crippen LogP contribution in [0.4, 0.5) is 0 Å². The summed E-state index contributed by atoms with van der Waals surface area (Å²) >= 11 is 0. The van der Waals surface area contributed by atoms with Crippen LogP contribution in [0.2, 0.25) is 0 Å². The van der Waals surface area contributed by atoms with E-state index in [2.05, 4.69) is 12.2 Å². The molecule has 2 unspecified atom stereocenters. The minimum atomic E-state index is 0.217. The fourth-order valence-corrected chi connectivity index (χ4v) is 3.49. The lowest BCUT2D eigenvalue weighted by Crippen LogP contribution is -2.50. The lowest BCUT2D eigenvalue weighted by atomic mass is 9.78. The molecule has 2 rings (SSSR count). The van der Waals surface area contributed by atoms with Crippen LogP contribution in [0.5, 0.6) is 0 Å². The van der Waals surface area contributed by atoms with Crippen molar-refractivity contribution in [3.05, 3.63) is 0 Å². The molecule has 0 amide bonds. The van der Waals surface area contributed by atoms with Crippen molar-refractivity contribution >= 4 is 0 Å². The molecule has 1 saturated carbocycles. The summed E-state index contributed by atoms with van der Waals surface area (Å²) in [5.74, 6) is 0. The molecule has 18 heavy (non-hydrogen) atoms. The Hall–Kier alpha value is -0.120. The average Bonchev–Trinajstić information content (AvgIpc) is 2.37. The molecule has 3 nitrogen and oxygen atoms in total. The summed E-state index contributed by atoms with van der Waals surface area (Å²) in [5.41, 5.74) is 0.217. The van der Waals surface area contributed by atoms with Gasteiger partial charge in [0.05, 0.1) is 5.60 Å². The molecule has 0 aromatic rings. The summed E-state index contributed by atoms with van der Waals surface area (Å²) in [6.45, 7) is 4.05. The molecule has 1 spiro atoms. The predicted molar refractivity (Wildman–Crippen MR) is 73.9 cm³/mol. The molecule has 2 aliphatic rings. The highest BCUT2D eigenvalue weighted by atomic mass is 16.5. The van der Waals surface area contributed by atoms with E-state index in [9.17, 15) is 0 Å². The third-order valence-corrected chi connectivity index (χ3v) is 4.53. The SMILES string of the molecule is COCCC(C)NC1CCOC2(CCCCC2)C1. The Kier molecular flexibility index (Phi) is 5.46. The van der Waals surface area contributed by atoms with Gasteiger partial charge in [0.25, 0.3) is 0 Å². The van der Waals surface area contributed by atoms with Crippen LogP contribution in [0.25, 0.3) is 0 Å². The Labute approximate surface area is 112 Å². The second-order valence-electron chi connectivity index (χ2n) is 6.13. The van der Waals surface area contributed by atoms with Crippen LogP contribution < -0.4 is 5.32 Å². The maximum Gasteiger partial charge on any atom is 0.0697 e. The molecule has 0 bridgehead atoms. The van der Waals surface area contributed by atoms with Crippen LogP contribution >= 0.6 is 0 Å². The quantitative estimate of drug-likeness (QED) is 0.819. The monoisotopic (exact) mass is 255 g/mol. The first-order valence-electron chi connectivity index (χ1n) is 7.63. The molecule has 106 valence electrons. The number of nitrogens with one attached hydrogen (secondary N) is 1. The lowest BCUT2D eigenvalue weighted by Gasteiger charge is -2.44. The second-order valence-corrected chi connectivity index (χ2v) is 6.13. The van der Waals surface area contributed by atoms with E-state index in [-0.39, 0.29) is 5.60 Å². The Morgan fingerprint density at radius 2 is 2.11 bits per heavy atom. The van der Waals surface area contributed by atoms with Crippen molar-refractivity contribution in [2.75, 3.05) is 20.3 Å². The average molecular weight is 255 g/mol. The molecule has 1 saturated heterocycles. The zero-order valence-electron chi connectivity index (χ0n) is 12.0. The summed E-state index contributed by atoms with van der Waals surface area (Å²) in [5, 5.41) is 3.77. The summed E-state index contributed by atoms with van der Waals surface area (Å²) in [7, 11) is 1.78. The molecular weight excluding hydrogens is 226 g/mol. The van der Waals surface area contributed by atoms with Crippen molar-refractivity contribution < 1.29 is 9.47 Å². The first kappa shape index (κ1) is 14.3. The van der Waals surface area contributed by atoms with Gasteiger partial charge in [0.2, 0.25) is 0 Å². The Morgan fingerprint density at radius 1 is 1.33 bits per heavy atom. The van der Waals surface area contributed by atoms with E-state index in [4.69, 9.17) is 9.47 Å². The van der Waals surface area contributed by atoms with Crippen LogP contribution in [-0.4, -0.2) is 38.0 Å². The lowest BCUT2D eigenvalue weighted by molar-refractivity contribution is -0.110. The zero-order valence-corrected chi connectivity index (χ0v) is 12.0. The third-order valence-electron chi connectivity index (χ3n) is 4.53. The van der Waals surface area contributed by atoms with E-state index < -0.39 is 0 Å². The first-order chi connectivity index (χ1) is 8.74. The number of methoxy groups -OCH3 is 1. The highest BCUT2D eigenvalue weighted by Gasteiger charge is 2.38. The van der Waals surface area contributed by atoms with Gasteiger partial charge < -0.3 is 14.8 Å². The summed E-state index contributed by atoms with van der Waals surface area (Å²) in [4.78, 5) is 0. The normalized spacial score (nSPS) is 29.3. The predicted octanol–water partition coefficient (Wildman–Crippen LogP) is 2.88. The van der Waals surface area contributed by atoms with Gasteiger partial charge in [0, 0.05) is 32.4 Å². The van der Waals surface area contributed by atoms with E-state index >= 15 is 0 Å². The summed E-state index contributed by atoms with van der Waals surface area (Å²) in [6, 6.07) is 1.19. The summed E-state index contributed by atoms with van der Waals surface area (Å²) < 4.78 is 11.3. The maximum atomic E-state index is 6.13. The van der Waals surface area contributed by atoms with Gasteiger partial charge in [0.1, 0.15) is 0 Å². The van der Waals surface area contributed by atoms with Gasteiger partial charge >= 0.3 is 0 Å².